The van der Waals surface area contributed by atoms with Gasteiger partial charge in [0.05, 0.1) is 0 Å². The van der Waals surface area contributed by atoms with Gasteiger partial charge in [-0.25, -0.2) is 4.79 Å². The fourth-order valence-corrected chi connectivity index (χ4v) is 1.87. The van der Waals surface area contributed by atoms with Crippen LogP contribution in [0.1, 0.15) is 44.4 Å². The highest BCUT2D eigenvalue weighted by atomic mass is 16.6. The largest absolute Gasteiger partial charge is 0.444 e. The number of alkyl carbamates (subject to hydrolysis) is 1. The molecule has 1 unspecified atom stereocenters. The molecule has 0 saturated carbocycles. The number of rotatable bonds is 6. The summed E-state index contributed by atoms with van der Waals surface area (Å²) in [6.45, 7) is 6.09. The van der Waals surface area contributed by atoms with E-state index in [9.17, 15) is 4.79 Å². The molecule has 1 amide bonds. The minimum atomic E-state index is -0.491. The highest BCUT2D eigenvalue weighted by Crippen LogP contribution is 2.15. The summed E-state index contributed by atoms with van der Waals surface area (Å²) in [7, 11) is 0. The van der Waals surface area contributed by atoms with Crippen molar-refractivity contribution >= 4 is 6.09 Å². The van der Waals surface area contributed by atoms with Gasteiger partial charge in [-0.2, -0.15) is 0 Å². The zero-order valence-electron chi connectivity index (χ0n) is 13.1. The number of amides is 1. The molecule has 0 radical (unpaired) electrons. The van der Waals surface area contributed by atoms with Crippen LogP contribution in [0.15, 0.2) is 24.3 Å². The van der Waals surface area contributed by atoms with Crippen molar-refractivity contribution in [1.29, 1.82) is 0 Å². The Hall–Kier alpha value is -1.59. The van der Waals surface area contributed by atoms with E-state index in [1.165, 1.54) is 0 Å². The SMILES string of the molecule is CC(C)(C)OC(=O)NCCC(N)c1ccc(CCO)cc1. The molecular formula is C16H26N2O3. The van der Waals surface area contributed by atoms with E-state index in [-0.39, 0.29) is 12.6 Å². The highest BCUT2D eigenvalue weighted by molar-refractivity contribution is 5.67. The predicted molar refractivity (Wildman–Crippen MR) is 83.0 cm³/mol. The van der Waals surface area contributed by atoms with Gasteiger partial charge >= 0.3 is 6.09 Å². The summed E-state index contributed by atoms with van der Waals surface area (Å²) >= 11 is 0. The molecule has 0 saturated heterocycles. The quantitative estimate of drug-likeness (QED) is 0.750. The molecule has 0 bridgehead atoms. The number of hydrogen-bond donors (Lipinski definition) is 3. The minimum absolute atomic E-state index is 0.136. The van der Waals surface area contributed by atoms with Crippen LogP contribution in [-0.4, -0.2) is 30.0 Å². The summed E-state index contributed by atoms with van der Waals surface area (Å²) < 4.78 is 5.15. The molecule has 0 aromatic heterocycles. The summed E-state index contributed by atoms with van der Waals surface area (Å²) in [6.07, 6.45) is 0.863. The molecule has 0 aliphatic heterocycles. The lowest BCUT2D eigenvalue weighted by atomic mass is 10.0. The molecule has 0 fully saturated rings. The second-order valence-electron chi connectivity index (χ2n) is 6.04. The van der Waals surface area contributed by atoms with E-state index in [0.717, 1.165) is 11.1 Å². The average Bonchev–Trinajstić information content (AvgIpc) is 2.37. The molecule has 0 spiro atoms. The number of carbonyl (C=O) groups is 1. The maximum Gasteiger partial charge on any atom is 0.407 e. The molecular weight excluding hydrogens is 268 g/mol. The summed E-state index contributed by atoms with van der Waals surface area (Å²) in [4.78, 5) is 11.5. The van der Waals surface area contributed by atoms with Gasteiger partial charge < -0.3 is 20.9 Å². The van der Waals surface area contributed by atoms with Crippen molar-refractivity contribution in [3.63, 3.8) is 0 Å². The number of aliphatic hydroxyl groups excluding tert-OH is 1. The van der Waals surface area contributed by atoms with E-state index < -0.39 is 11.7 Å². The van der Waals surface area contributed by atoms with Crippen LogP contribution in [0.4, 0.5) is 4.79 Å². The van der Waals surface area contributed by atoms with Crippen LogP contribution in [0.5, 0.6) is 0 Å². The predicted octanol–water partition coefficient (Wildman–Crippen LogP) is 2.14. The molecule has 4 N–H and O–H groups in total. The number of benzene rings is 1. The lowest BCUT2D eigenvalue weighted by Crippen LogP contribution is -2.33. The van der Waals surface area contributed by atoms with Crippen LogP contribution in [0.3, 0.4) is 0 Å². The molecule has 5 heteroatoms. The van der Waals surface area contributed by atoms with Crippen LogP contribution in [-0.2, 0) is 11.2 Å². The number of aliphatic hydroxyl groups is 1. The summed E-state index contributed by atoms with van der Waals surface area (Å²) in [6, 6.07) is 7.72. The van der Waals surface area contributed by atoms with Gasteiger partial charge in [0.25, 0.3) is 0 Å². The van der Waals surface area contributed by atoms with Crippen molar-refractivity contribution in [2.75, 3.05) is 13.2 Å². The summed E-state index contributed by atoms with van der Waals surface area (Å²) in [5.74, 6) is 0. The average molecular weight is 294 g/mol. The monoisotopic (exact) mass is 294 g/mol. The fourth-order valence-electron chi connectivity index (χ4n) is 1.87. The second-order valence-corrected chi connectivity index (χ2v) is 6.04. The third kappa shape index (κ3) is 7.11. The van der Waals surface area contributed by atoms with E-state index in [0.29, 0.717) is 19.4 Å². The molecule has 1 atom stereocenters. The van der Waals surface area contributed by atoms with Gasteiger partial charge in [-0.1, -0.05) is 24.3 Å². The third-order valence-corrected chi connectivity index (χ3v) is 2.93. The first-order valence-electron chi connectivity index (χ1n) is 7.24. The van der Waals surface area contributed by atoms with E-state index in [1.54, 1.807) is 0 Å². The van der Waals surface area contributed by atoms with E-state index >= 15 is 0 Å². The van der Waals surface area contributed by atoms with E-state index in [4.69, 9.17) is 15.6 Å². The Bertz CT molecular complexity index is 438. The van der Waals surface area contributed by atoms with Crippen LogP contribution in [0.2, 0.25) is 0 Å². The van der Waals surface area contributed by atoms with Crippen LogP contribution < -0.4 is 11.1 Å². The Labute approximate surface area is 126 Å². The minimum Gasteiger partial charge on any atom is -0.444 e. The lowest BCUT2D eigenvalue weighted by Gasteiger charge is -2.20. The molecule has 0 aliphatic carbocycles. The van der Waals surface area contributed by atoms with Gasteiger partial charge in [-0.05, 0) is 44.7 Å². The van der Waals surface area contributed by atoms with Crippen LogP contribution in [0.25, 0.3) is 0 Å². The standard InChI is InChI=1S/C16H26N2O3/c1-16(2,3)21-15(20)18-10-8-14(17)13-6-4-12(5-7-13)9-11-19/h4-7,14,19H,8-11,17H2,1-3H3,(H,18,20). The van der Waals surface area contributed by atoms with Crippen molar-refractivity contribution < 1.29 is 14.6 Å². The fraction of sp³-hybridized carbons (Fsp3) is 0.562. The normalized spacial score (nSPS) is 12.8. The molecule has 21 heavy (non-hydrogen) atoms. The van der Waals surface area contributed by atoms with Crippen molar-refractivity contribution in [3.8, 4) is 0 Å². The van der Waals surface area contributed by atoms with Crippen LogP contribution in [0, 0.1) is 0 Å². The molecule has 0 heterocycles. The highest BCUT2D eigenvalue weighted by Gasteiger charge is 2.16. The second kappa shape index (κ2) is 8.00. The topological polar surface area (TPSA) is 84.6 Å². The number of nitrogens with two attached hydrogens (primary N) is 1. The van der Waals surface area contributed by atoms with Gasteiger partial charge in [0, 0.05) is 19.2 Å². The Balaban J connectivity index is 2.36. The third-order valence-electron chi connectivity index (χ3n) is 2.93. The van der Waals surface area contributed by atoms with Gasteiger partial charge in [0.15, 0.2) is 0 Å². The van der Waals surface area contributed by atoms with Crippen molar-refractivity contribution in [3.05, 3.63) is 35.4 Å². The lowest BCUT2D eigenvalue weighted by molar-refractivity contribution is 0.0526. The number of carbonyl (C=O) groups excluding carboxylic acids is 1. The number of ether oxygens (including phenoxy) is 1. The zero-order valence-corrected chi connectivity index (χ0v) is 13.1. The smallest absolute Gasteiger partial charge is 0.407 e. The first-order chi connectivity index (χ1) is 9.81. The van der Waals surface area contributed by atoms with Gasteiger partial charge in [0.2, 0.25) is 0 Å². The zero-order chi connectivity index (χ0) is 15.9. The van der Waals surface area contributed by atoms with Crippen LogP contribution >= 0.6 is 0 Å². The molecule has 1 aromatic rings. The molecule has 1 rings (SSSR count). The Morgan fingerprint density at radius 3 is 2.48 bits per heavy atom. The van der Waals surface area contributed by atoms with E-state index in [1.807, 2.05) is 45.0 Å². The Morgan fingerprint density at radius 2 is 1.95 bits per heavy atom. The molecule has 118 valence electrons. The first kappa shape index (κ1) is 17.5. The van der Waals surface area contributed by atoms with Crippen molar-refractivity contribution in [1.82, 2.24) is 5.32 Å². The van der Waals surface area contributed by atoms with Gasteiger partial charge in [-0.15, -0.1) is 0 Å². The van der Waals surface area contributed by atoms with Crippen molar-refractivity contribution in [2.45, 2.75) is 45.3 Å². The number of nitrogens with one attached hydrogen (secondary N) is 1. The maximum absolute atomic E-state index is 11.5. The molecule has 5 nitrogen and oxygen atoms in total. The van der Waals surface area contributed by atoms with E-state index in [2.05, 4.69) is 5.32 Å². The maximum atomic E-state index is 11.5. The first-order valence-corrected chi connectivity index (χ1v) is 7.24. The molecule has 1 aromatic carbocycles. The number of hydrogen-bond acceptors (Lipinski definition) is 4. The van der Waals surface area contributed by atoms with Crippen molar-refractivity contribution in [2.24, 2.45) is 5.73 Å². The summed E-state index contributed by atoms with van der Waals surface area (Å²) in [5, 5.41) is 11.6. The summed E-state index contributed by atoms with van der Waals surface area (Å²) in [5.41, 5.74) is 7.70. The van der Waals surface area contributed by atoms with Gasteiger partial charge in [-0.3, -0.25) is 0 Å². The Morgan fingerprint density at radius 1 is 1.33 bits per heavy atom. The molecule has 0 aliphatic rings. The Kier molecular flexibility index (Phi) is 6.65. The van der Waals surface area contributed by atoms with Gasteiger partial charge in [0.1, 0.15) is 5.60 Å².